The highest BCUT2D eigenvalue weighted by atomic mass is 16.3. The summed E-state index contributed by atoms with van der Waals surface area (Å²) in [5.74, 6) is 0.153. The number of rotatable bonds is 5. The van der Waals surface area contributed by atoms with Crippen molar-refractivity contribution in [3.8, 4) is 0 Å². The second kappa shape index (κ2) is 9.40. The van der Waals surface area contributed by atoms with Gasteiger partial charge in [0.2, 0.25) is 5.91 Å². The summed E-state index contributed by atoms with van der Waals surface area (Å²) >= 11 is 0. The van der Waals surface area contributed by atoms with Gasteiger partial charge >= 0.3 is 0 Å². The van der Waals surface area contributed by atoms with Crippen LogP contribution in [0.25, 0.3) is 0 Å². The molecule has 5 heteroatoms. The number of anilines is 2. The molecule has 5 rings (SSSR count). The average molecular weight is 451 g/mol. The third-order valence-electron chi connectivity index (χ3n) is 6.32. The Morgan fingerprint density at radius 3 is 2.26 bits per heavy atom. The second-order valence-electron chi connectivity index (χ2n) is 8.57. The fourth-order valence-corrected chi connectivity index (χ4v) is 4.80. The van der Waals surface area contributed by atoms with Crippen molar-refractivity contribution in [2.45, 2.75) is 31.8 Å². The molecular formula is C29H26N2O3. The topological polar surface area (TPSA) is 53.8 Å². The van der Waals surface area contributed by atoms with Crippen molar-refractivity contribution in [3.05, 3.63) is 120 Å². The fourth-order valence-electron chi connectivity index (χ4n) is 4.80. The Morgan fingerprint density at radius 1 is 0.882 bits per heavy atom. The number of nitrogens with zero attached hydrogens (tertiary/aromatic N) is 2. The third kappa shape index (κ3) is 4.13. The minimum atomic E-state index is -0.203. The van der Waals surface area contributed by atoms with E-state index in [0.717, 1.165) is 22.5 Å². The molecule has 0 fully saturated rings. The molecule has 2 unspecified atom stereocenters. The molecule has 0 N–H and O–H groups in total. The van der Waals surface area contributed by atoms with Gasteiger partial charge in [-0.2, -0.15) is 0 Å². The van der Waals surface area contributed by atoms with Crippen LogP contribution < -0.4 is 9.80 Å². The number of carbonyl (C=O) groups is 2. The molecular weight excluding hydrogens is 424 g/mol. The number of hydrogen-bond acceptors (Lipinski definition) is 3. The molecule has 1 aliphatic heterocycles. The summed E-state index contributed by atoms with van der Waals surface area (Å²) < 4.78 is 5.40. The lowest BCUT2D eigenvalue weighted by Gasteiger charge is -2.43. The Balaban J connectivity index is 1.56. The number of fused-ring (bicyclic) bond motifs is 1. The number of hydrogen-bond donors (Lipinski definition) is 0. The summed E-state index contributed by atoms with van der Waals surface area (Å²) in [6, 6.07) is 30.5. The minimum Gasteiger partial charge on any atom is -0.459 e. The van der Waals surface area contributed by atoms with Gasteiger partial charge in [0.1, 0.15) is 0 Å². The van der Waals surface area contributed by atoms with Gasteiger partial charge in [-0.25, -0.2) is 0 Å². The quantitative estimate of drug-likeness (QED) is 0.373. The summed E-state index contributed by atoms with van der Waals surface area (Å²) in [6.07, 6.45) is 2.42. The number of para-hydroxylation sites is 2. The molecule has 2 atom stereocenters. The summed E-state index contributed by atoms with van der Waals surface area (Å²) in [4.78, 5) is 30.8. The number of benzene rings is 3. The molecule has 0 saturated carbocycles. The summed E-state index contributed by atoms with van der Waals surface area (Å²) in [5, 5.41) is 0. The molecule has 3 aromatic carbocycles. The van der Waals surface area contributed by atoms with E-state index in [1.165, 1.54) is 6.26 Å². The van der Waals surface area contributed by atoms with E-state index in [0.29, 0.717) is 18.6 Å². The van der Waals surface area contributed by atoms with Crippen LogP contribution in [0.5, 0.6) is 0 Å². The van der Waals surface area contributed by atoms with Crippen LogP contribution in [0.4, 0.5) is 11.4 Å². The van der Waals surface area contributed by atoms with Crippen LogP contribution in [0.1, 0.15) is 41.1 Å². The first-order valence-corrected chi connectivity index (χ1v) is 11.5. The van der Waals surface area contributed by atoms with E-state index in [2.05, 4.69) is 0 Å². The zero-order valence-electron chi connectivity index (χ0n) is 19.0. The molecule has 2 amide bonds. The molecule has 5 nitrogen and oxygen atoms in total. The number of carbonyl (C=O) groups excluding carboxylic acids is 2. The molecule has 0 bridgehead atoms. The molecule has 0 spiro atoms. The van der Waals surface area contributed by atoms with Gasteiger partial charge in [0, 0.05) is 17.4 Å². The van der Waals surface area contributed by atoms with Crippen molar-refractivity contribution in [2.75, 3.05) is 9.80 Å². The highest BCUT2D eigenvalue weighted by Gasteiger charge is 2.39. The van der Waals surface area contributed by atoms with Gasteiger partial charge in [-0.05, 0) is 54.8 Å². The average Bonchev–Trinajstić information content (AvgIpc) is 3.40. The molecule has 4 aromatic rings. The molecule has 34 heavy (non-hydrogen) atoms. The van der Waals surface area contributed by atoms with E-state index >= 15 is 0 Å². The van der Waals surface area contributed by atoms with Gasteiger partial charge in [-0.1, -0.05) is 66.7 Å². The van der Waals surface area contributed by atoms with Crippen molar-refractivity contribution in [3.63, 3.8) is 0 Å². The molecule has 0 aliphatic carbocycles. The van der Waals surface area contributed by atoms with Crippen molar-refractivity contribution >= 4 is 23.2 Å². The number of furan rings is 1. The Labute approximate surface area is 199 Å². The molecule has 170 valence electrons. The Morgan fingerprint density at radius 2 is 1.56 bits per heavy atom. The normalized spacial score (nSPS) is 17.1. The van der Waals surface area contributed by atoms with Crippen LogP contribution in [0.3, 0.4) is 0 Å². The maximum absolute atomic E-state index is 13.8. The first kappa shape index (κ1) is 21.7. The maximum atomic E-state index is 13.8. The van der Waals surface area contributed by atoms with E-state index in [1.54, 1.807) is 17.0 Å². The second-order valence-corrected chi connectivity index (χ2v) is 8.57. The predicted octanol–water partition coefficient (Wildman–Crippen LogP) is 6.04. The van der Waals surface area contributed by atoms with Gasteiger partial charge < -0.3 is 14.2 Å². The van der Waals surface area contributed by atoms with Crippen LogP contribution >= 0.6 is 0 Å². The van der Waals surface area contributed by atoms with Gasteiger partial charge in [0.15, 0.2) is 5.76 Å². The first-order valence-electron chi connectivity index (χ1n) is 11.5. The van der Waals surface area contributed by atoms with Crippen molar-refractivity contribution in [2.24, 2.45) is 0 Å². The van der Waals surface area contributed by atoms with Crippen LogP contribution in [-0.2, 0) is 11.2 Å². The minimum absolute atomic E-state index is 0.0233. The Bertz CT molecular complexity index is 1270. The van der Waals surface area contributed by atoms with Crippen molar-refractivity contribution < 1.29 is 14.0 Å². The lowest BCUT2D eigenvalue weighted by Crippen LogP contribution is -2.48. The van der Waals surface area contributed by atoms with E-state index < -0.39 is 0 Å². The van der Waals surface area contributed by atoms with Gasteiger partial charge in [-0.3, -0.25) is 9.59 Å². The lowest BCUT2D eigenvalue weighted by molar-refractivity contribution is -0.118. The maximum Gasteiger partial charge on any atom is 0.294 e. The van der Waals surface area contributed by atoms with Gasteiger partial charge in [0.05, 0.1) is 18.7 Å². The van der Waals surface area contributed by atoms with Crippen molar-refractivity contribution in [1.29, 1.82) is 0 Å². The van der Waals surface area contributed by atoms with Gasteiger partial charge in [-0.15, -0.1) is 0 Å². The standard InChI is InChI=1S/C29H26N2O3/c1-21-19-26(24-15-8-9-16-25(24)30(21)29(33)27-17-10-18-34-27)31(23-13-6-3-7-14-23)28(32)20-22-11-4-2-5-12-22/h2-18,21,26H,19-20H2,1H3. The highest BCUT2D eigenvalue weighted by Crippen LogP contribution is 2.42. The van der Waals surface area contributed by atoms with Crippen LogP contribution in [0.15, 0.2) is 108 Å². The molecule has 0 radical (unpaired) electrons. The SMILES string of the molecule is CC1CC(N(C(=O)Cc2ccccc2)c2ccccc2)c2ccccc2N1C(=O)c1ccco1. The van der Waals surface area contributed by atoms with Crippen LogP contribution in [0.2, 0.25) is 0 Å². The summed E-state index contributed by atoms with van der Waals surface area (Å²) in [6.45, 7) is 2.02. The van der Waals surface area contributed by atoms with E-state index in [-0.39, 0.29) is 23.9 Å². The zero-order chi connectivity index (χ0) is 23.5. The smallest absolute Gasteiger partial charge is 0.294 e. The molecule has 2 heterocycles. The predicted molar refractivity (Wildman–Crippen MR) is 133 cm³/mol. The Hall–Kier alpha value is -4.12. The van der Waals surface area contributed by atoms with Crippen LogP contribution in [-0.4, -0.2) is 17.9 Å². The first-order chi connectivity index (χ1) is 16.6. The lowest BCUT2D eigenvalue weighted by atomic mass is 9.89. The van der Waals surface area contributed by atoms with E-state index in [1.807, 2.05) is 96.8 Å². The fraction of sp³-hybridized carbons (Fsp3) is 0.172. The van der Waals surface area contributed by atoms with Gasteiger partial charge in [0.25, 0.3) is 5.91 Å². The molecule has 0 saturated heterocycles. The largest absolute Gasteiger partial charge is 0.459 e. The Kier molecular flexibility index (Phi) is 6.00. The monoisotopic (exact) mass is 450 g/mol. The van der Waals surface area contributed by atoms with E-state index in [9.17, 15) is 9.59 Å². The third-order valence-corrected chi connectivity index (χ3v) is 6.32. The zero-order valence-corrected chi connectivity index (χ0v) is 19.0. The highest BCUT2D eigenvalue weighted by molar-refractivity contribution is 6.06. The van der Waals surface area contributed by atoms with Crippen molar-refractivity contribution in [1.82, 2.24) is 0 Å². The number of amides is 2. The van der Waals surface area contributed by atoms with Crippen LogP contribution in [0, 0.1) is 0 Å². The molecule has 1 aliphatic rings. The summed E-state index contributed by atoms with van der Waals surface area (Å²) in [5.41, 5.74) is 3.58. The van der Waals surface area contributed by atoms with E-state index in [4.69, 9.17) is 4.42 Å². The summed E-state index contributed by atoms with van der Waals surface area (Å²) in [7, 11) is 0. The molecule has 1 aromatic heterocycles.